The number of aliphatic hydroxyl groups excluding tert-OH is 1. The lowest BCUT2D eigenvalue weighted by atomic mass is 9.96. The molecule has 0 spiro atoms. The molecule has 1 aromatic rings. The number of aliphatic hydroxyl groups is 1. The predicted octanol–water partition coefficient (Wildman–Crippen LogP) is 2.74. The number of nitrogens with one attached hydrogen (secondary N) is 1. The van der Waals surface area contributed by atoms with Gasteiger partial charge in [0.1, 0.15) is 5.75 Å². The number of ether oxygens (including phenoxy) is 2. The van der Waals surface area contributed by atoms with Crippen molar-refractivity contribution in [3.8, 4) is 5.75 Å². The van der Waals surface area contributed by atoms with Crippen molar-refractivity contribution >= 4 is 0 Å². The normalized spacial score (nSPS) is 15.5. The van der Waals surface area contributed by atoms with Crippen molar-refractivity contribution in [2.75, 3.05) is 20.3 Å². The van der Waals surface area contributed by atoms with Crippen molar-refractivity contribution < 1.29 is 14.6 Å². The fourth-order valence-electron chi connectivity index (χ4n) is 1.90. The summed E-state index contributed by atoms with van der Waals surface area (Å²) in [6.45, 7) is 7.85. The summed E-state index contributed by atoms with van der Waals surface area (Å²) in [5, 5.41) is 13.4. The van der Waals surface area contributed by atoms with Crippen molar-refractivity contribution in [1.82, 2.24) is 5.32 Å². The average molecular weight is 295 g/mol. The van der Waals surface area contributed by atoms with E-state index in [2.05, 4.69) is 12.2 Å². The van der Waals surface area contributed by atoms with Crippen LogP contribution in [0.1, 0.15) is 39.2 Å². The van der Waals surface area contributed by atoms with E-state index in [1.807, 2.05) is 31.2 Å². The molecule has 0 saturated heterocycles. The molecule has 4 heteroatoms. The molecule has 0 aromatic heterocycles. The zero-order valence-electron chi connectivity index (χ0n) is 13.7. The number of methoxy groups -OCH3 is 1. The summed E-state index contributed by atoms with van der Waals surface area (Å²) in [7, 11) is 1.66. The maximum atomic E-state index is 10.0. The van der Waals surface area contributed by atoms with Crippen LogP contribution in [0.25, 0.3) is 0 Å². The Morgan fingerprint density at radius 1 is 1.29 bits per heavy atom. The van der Waals surface area contributed by atoms with E-state index in [1.165, 1.54) is 0 Å². The molecule has 1 aromatic carbocycles. The summed E-state index contributed by atoms with van der Waals surface area (Å²) in [4.78, 5) is 0. The van der Waals surface area contributed by atoms with Crippen molar-refractivity contribution in [2.45, 2.75) is 51.8 Å². The fourth-order valence-corrected chi connectivity index (χ4v) is 1.90. The minimum atomic E-state index is -0.489. The third-order valence-electron chi connectivity index (χ3n) is 3.82. The molecule has 0 bridgehead atoms. The minimum absolute atomic E-state index is 0.451. The molecule has 2 atom stereocenters. The summed E-state index contributed by atoms with van der Waals surface area (Å²) >= 11 is 0. The minimum Gasteiger partial charge on any atom is -0.497 e. The lowest BCUT2D eigenvalue weighted by molar-refractivity contribution is 0.00353. The van der Waals surface area contributed by atoms with E-state index in [0.717, 1.165) is 30.8 Å². The third kappa shape index (κ3) is 6.04. The van der Waals surface area contributed by atoms with Crippen LogP contribution in [-0.2, 0) is 11.3 Å². The van der Waals surface area contributed by atoms with Crippen LogP contribution in [0, 0.1) is 0 Å². The standard InChI is InChI=1S/C17H29NO3/c1-5-6-11-21-13-17(3,14(2)19)18-12-15-7-9-16(20-4)10-8-15/h7-10,14,18-19H,5-6,11-13H2,1-4H3/t14-,17-/m1/s1. The smallest absolute Gasteiger partial charge is 0.118 e. The van der Waals surface area contributed by atoms with Gasteiger partial charge in [0.25, 0.3) is 0 Å². The van der Waals surface area contributed by atoms with Crippen molar-refractivity contribution in [3.63, 3.8) is 0 Å². The van der Waals surface area contributed by atoms with Crippen molar-refractivity contribution in [1.29, 1.82) is 0 Å². The number of benzene rings is 1. The summed E-state index contributed by atoms with van der Waals surface area (Å²) in [6, 6.07) is 7.92. The van der Waals surface area contributed by atoms with E-state index < -0.39 is 11.6 Å². The van der Waals surface area contributed by atoms with Crippen LogP contribution in [0.2, 0.25) is 0 Å². The molecule has 2 N–H and O–H groups in total. The molecule has 0 aliphatic heterocycles. The van der Waals surface area contributed by atoms with Gasteiger partial charge < -0.3 is 19.9 Å². The Hall–Kier alpha value is -1.10. The summed E-state index contributed by atoms with van der Waals surface area (Å²) in [5.41, 5.74) is 0.699. The molecule has 21 heavy (non-hydrogen) atoms. The van der Waals surface area contributed by atoms with Crippen LogP contribution in [-0.4, -0.2) is 37.1 Å². The Balaban J connectivity index is 2.52. The van der Waals surface area contributed by atoms with Gasteiger partial charge in [-0.05, 0) is 38.0 Å². The molecule has 0 unspecified atom stereocenters. The van der Waals surface area contributed by atoms with Gasteiger partial charge in [0, 0.05) is 13.2 Å². The first-order valence-corrected chi connectivity index (χ1v) is 7.65. The van der Waals surface area contributed by atoms with Gasteiger partial charge >= 0.3 is 0 Å². The zero-order valence-corrected chi connectivity index (χ0v) is 13.7. The lowest BCUT2D eigenvalue weighted by Crippen LogP contribution is -2.54. The van der Waals surface area contributed by atoms with Gasteiger partial charge in [0.05, 0.1) is 25.4 Å². The molecule has 0 radical (unpaired) electrons. The molecule has 120 valence electrons. The molecule has 4 nitrogen and oxygen atoms in total. The Labute approximate surface area is 128 Å². The molecule has 0 fully saturated rings. The molecular weight excluding hydrogens is 266 g/mol. The Morgan fingerprint density at radius 3 is 2.48 bits per heavy atom. The van der Waals surface area contributed by atoms with Crippen LogP contribution < -0.4 is 10.1 Å². The number of unbranched alkanes of at least 4 members (excludes halogenated alkanes) is 1. The van der Waals surface area contributed by atoms with E-state index in [1.54, 1.807) is 14.0 Å². The Morgan fingerprint density at radius 2 is 1.95 bits per heavy atom. The molecule has 0 saturated carbocycles. The SMILES string of the molecule is CCCCOC[C@@](C)(NCc1ccc(OC)cc1)[C@@H](C)O. The first-order valence-electron chi connectivity index (χ1n) is 7.65. The highest BCUT2D eigenvalue weighted by molar-refractivity contribution is 5.27. The van der Waals surface area contributed by atoms with Crippen molar-refractivity contribution in [3.05, 3.63) is 29.8 Å². The van der Waals surface area contributed by atoms with Gasteiger partial charge in [-0.15, -0.1) is 0 Å². The lowest BCUT2D eigenvalue weighted by Gasteiger charge is -2.33. The van der Waals surface area contributed by atoms with Gasteiger partial charge in [0.2, 0.25) is 0 Å². The molecular formula is C17H29NO3. The topological polar surface area (TPSA) is 50.7 Å². The van der Waals surface area contributed by atoms with Gasteiger partial charge in [-0.1, -0.05) is 25.5 Å². The van der Waals surface area contributed by atoms with E-state index in [4.69, 9.17) is 9.47 Å². The van der Waals surface area contributed by atoms with Gasteiger partial charge in [-0.3, -0.25) is 0 Å². The summed E-state index contributed by atoms with van der Waals surface area (Å²) < 4.78 is 10.8. The highest BCUT2D eigenvalue weighted by Crippen LogP contribution is 2.15. The third-order valence-corrected chi connectivity index (χ3v) is 3.82. The summed E-state index contributed by atoms with van der Waals surface area (Å²) in [5.74, 6) is 0.847. The largest absolute Gasteiger partial charge is 0.497 e. The van der Waals surface area contributed by atoms with Crippen molar-refractivity contribution in [2.24, 2.45) is 0 Å². The van der Waals surface area contributed by atoms with E-state index in [9.17, 15) is 5.11 Å². The molecule has 0 aliphatic rings. The second-order valence-corrected chi connectivity index (χ2v) is 5.70. The maximum absolute atomic E-state index is 10.0. The second-order valence-electron chi connectivity index (χ2n) is 5.70. The van der Waals surface area contributed by atoms with Gasteiger partial charge in [0.15, 0.2) is 0 Å². The quantitative estimate of drug-likeness (QED) is 0.652. The second kappa shape index (κ2) is 9.03. The Bertz CT molecular complexity index is 392. The maximum Gasteiger partial charge on any atom is 0.118 e. The predicted molar refractivity (Wildman–Crippen MR) is 85.6 cm³/mol. The first kappa shape index (κ1) is 18.0. The zero-order chi connectivity index (χ0) is 15.7. The van der Waals surface area contributed by atoms with E-state index in [-0.39, 0.29) is 0 Å². The number of rotatable bonds is 10. The molecule has 1 rings (SSSR count). The van der Waals surface area contributed by atoms with Gasteiger partial charge in [-0.25, -0.2) is 0 Å². The molecule has 0 heterocycles. The number of hydrogen-bond donors (Lipinski definition) is 2. The fraction of sp³-hybridized carbons (Fsp3) is 0.647. The molecule has 0 aliphatic carbocycles. The molecule has 0 amide bonds. The van der Waals surface area contributed by atoms with Crippen LogP contribution in [0.4, 0.5) is 0 Å². The average Bonchev–Trinajstić information content (AvgIpc) is 2.50. The Kier molecular flexibility index (Phi) is 7.72. The van der Waals surface area contributed by atoms with Gasteiger partial charge in [-0.2, -0.15) is 0 Å². The van der Waals surface area contributed by atoms with Crippen LogP contribution in [0.3, 0.4) is 0 Å². The number of hydrogen-bond acceptors (Lipinski definition) is 4. The van der Waals surface area contributed by atoms with Crippen LogP contribution in [0.15, 0.2) is 24.3 Å². The monoisotopic (exact) mass is 295 g/mol. The highest BCUT2D eigenvalue weighted by Gasteiger charge is 2.29. The first-order chi connectivity index (χ1) is 10.0. The summed E-state index contributed by atoms with van der Waals surface area (Å²) in [6.07, 6.45) is 1.68. The van der Waals surface area contributed by atoms with Crippen LogP contribution in [0.5, 0.6) is 5.75 Å². The highest BCUT2D eigenvalue weighted by atomic mass is 16.5. The van der Waals surface area contributed by atoms with E-state index >= 15 is 0 Å². The van der Waals surface area contributed by atoms with Crippen LogP contribution >= 0.6 is 0 Å². The van der Waals surface area contributed by atoms with E-state index in [0.29, 0.717) is 13.2 Å².